The van der Waals surface area contributed by atoms with Crippen molar-refractivity contribution in [1.82, 2.24) is 0 Å². The molecule has 1 heterocycles. The lowest BCUT2D eigenvalue weighted by atomic mass is 9.76. The molecule has 0 fully saturated rings. The summed E-state index contributed by atoms with van der Waals surface area (Å²) in [5.41, 5.74) is 2.09. The number of para-hydroxylation sites is 4. The van der Waals surface area contributed by atoms with E-state index in [4.69, 9.17) is 14.2 Å². The summed E-state index contributed by atoms with van der Waals surface area (Å²) in [6, 6.07) is 52.0. The number of fused-ring (bicyclic) bond motifs is 2. The molecule has 48 heavy (non-hydrogen) atoms. The zero-order chi connectivity index (χ0) is 33.1. The number of hydrogen-bond acceptors (Lipinski definition) is 3. The third-order valence-corrected chi connectivity index (χ3v) is 13.9. The van der Waals surface area contributed by atoms with E-state index < -0.39 is 15.8 Å². The Morgan fingerprint density at radius 2 is 0.833 bits per heavy atom. The molecule has 0 spiro atoms. The molecule has 0 amide bonds. The van der Waals surface area contributed by atoms with Crippen molar-refractivity contribution in [3.63, 3.8) is 0 Å². The fraction of sp³-hybridized carbons (Fsp3) is 0.163. The molecule has 0 N–H and O–H groups in total. The van der Waals surface area contributed by atoms with Crippen molar-refractivity contribution < 1.29 is 14.2 Å². The first kappa shape index (κ1) is 32.1. The average Bonchev–Trinajstić information content (AvgIpc) is 3.12. The van der Waals surface area contributed by atoms with Gasteiger partial charge in [0.1, 0.15) is 23.0 Å². The number of ether oxygens (including phenoxy) is 3. The highest BCUT2D eigenvalue weighted by Gasteiger charge is 2.39. The lowest BCUT2D eigenvalue weighted by Gasteiger charge is -2.38. The second kappa shape index (κ2) is 14.0. The zero-order valence-electron chi connectivity index (χ0n) is 27.9. The smallest absolute Gasteiger partial charge is 0.139 e. The summed E-state index contributed by atoms with van der Waals surface area (Å²) in [7, 11) is -2.02. The van der Waals surface area contributed by atoms with Crippen molar-refractivity contribution in [2.75, 3.05) is 13.2 Å². The molecule has 1 aliphatic rings. The first-order chi connectivity index (χ1) is 23.5. The number of rotatable bonds is 10. The van der Waals surface area contributed by atoms with Gasteiger partial charge in [0, 0.05) is 37.8 Å². The molecule has 6 aromatic rings. The Morgan fingerprint density at radius 3 is 1.25 bits per heavy atom. The molecular weight excluding hydrogens is 626 g/mol. The van der Waals surface area contributed by atoms with Crippen LogP contribution in [0, 0.1) is 0 Å². The fourth-order valence-corrected chi connectivity index (χ4v) is 11.6. The van der Waals surface area contributed by atoms with Crippen LogP contribution in [0.25, 0.3) is 0 Å². The summed E-state index contributed by atoms with van der Waals surface area (Å²) >= 11 is 0. The zero-order valence-corrected chi connectivity index (χ0v) is 29.7. The Labute approximate surface area is 287 Å². The summed E-state index contributed by atoms with van der Waals surface area (Å²) < 4.78 is 19.9. The summed E-state index contributed by atoms with van der Waals surface area (Å²) in [6.07, 6.45) is 0. The van der Waals surface area contributed by atoms with Crippen molar-refractivity contribution in [2.45, 2.75) is 33.1 Å². The monoisotopic (exact) mass is 666 g/mol. The lowest BCUT2D eigenvalue weighted by Crippen LogP contribution is -2.33. The molecule has 5 heteroatoms. The third kappa shape index (κ3) is 5.92. The highest BCUT2D eigenvalue weighted by Crippen LogP contribution is 2.53. The highest BCUT2D eigenvalue weighted by molar-refractivity contribution is 7.80. The molecule has 0 saturated heterocycles. The van der Waals surface area contributed by atoms with E-state index in [1.54, 1.807) is 0 Å². The third-order valence-electron chi connectivity index (χ3n) is 8.86. The lowest BCUT2D eigenvalue weighted by molar-refractivity contribution is 0.343. The van der Waals surface area contributed by atoms with Crippen LogP contribution in [0.4, 0.5) is 0 Å². The van der Waals surface area contributed by atoms with Crippen LogP contribution in [0.15, 0.2) is 146 Å². The maximum atomic E-state index is 7.37. The van der Waals surface area contributed by atoms with E-state index >= 15 is 0 Å². The molecule has 3 nitrogen and oxygen atoms in total. The van der Waals surface area contributed by atoms with Crippen LogP contribution >= 0.6 is 15.8 Å². The fourth-order valence-electron chi connectivity index (χ4n) is 6.66. The van der Waals surface area contributed by atoms with Gasteiger partial charge in [-0.25, -0.2) is 0 Å². The van der Waals surface area contributed by atoms with Gasteiger partial charge in [0.05, 0.1) is 13.2 Å². The predicted octanol–water partition coefficient (Wildman–Crippen LogP) is 8.43. The van der Waals surface area contributed by atoms with E-state index in [2.05, 4.69) is 159 Å². The maximum Gasteiger partial charge on any atom is 0.139 e. The second-order valence-electron chi connectivity index (χ2n) is 12.2. The number of benzene rings is 6. The van der Waals surface area contributed by atoms with Crippen LogP contribution in [-0.4, -0.2) is 13.2 Å². The van der Waals surface area contributed by atoms with E-state index in [0.29, 0.717) is 13.2 Å². The Balaban J connectivity index is 1.46. The summed E-state index contributed by atoms with van der Waals surface area (Å²) in [6.45, 7) is 9.97. The van der Waals surface area contributed by atoms with Crippen molar-refractivity contribution in [3.05, 3.63) is 157 Å². The van der Waals surface area contributed by atoms with Crippen LogP contribution < -0.4 is 46.0 Å². The van der Waals surface area contributed by atoms with Gasteiger partial charge >= 0.3 is 0 Å². The van der Waals surface area contributed by atoms with Gasteiger partial charge in [-0.2, -0.15) is 0 Å². The van der Waals surface area contributed by atoms with Crippen LogP contribution in [0.3, 0.4) is 0 Å². The van der Waals surface area contributed by atoms with E-state index in [1.165, 1.54) is 43.0 Å². The van der Waals surface area contributed by atoms with E-state index in [1.807, 2.05) is 13.8 Å². The van der Waals surface area contributed by atoms with Gasteiger partial charge in [-0.05, 0) is 52.4 Å². The Hall–Kier alpha value is -4.42. The minimum Gasteiger partial charge on any atom is -0.493 e. The SMILES string of the molecule is CCOc1ccccc1[P@](c1ccccc1)c1cccc2c1Oc1c([P@@](c3ccccc3)c3ccccc3OCC)cccc1C2(C)C. The predicted molar refractivity (Wildman–Crippen MR) is 205 cm³/mol. The van der Waals surface area contributed by atoms with Gasteiger partial charge in [-0.15, -0.1) is 0 Å². The van der Waals surface area contributed by atoms with Gasteiger partial charge in [0.15, 0.2) is 0 Å². The molecular formula is C43H40O3P2. The van der Waals surface area contributed by atoms with Crippen LogP contribution in [0.1, 0.15) is 38.8 Å². The molecule has 2 atom stereocenters. The van der Waals surface area contributed by atoms with Gasteiger partial charge in [-0.1, -0.05) is 147 Å². The van der Waals surface area contributed by atoms with Crippen LogP contribution in [0.5, 0.6) is 23.0 Å². The van der Waals surface area contributed by atoms with E-state index in [-0.39, 0.29) is 5.41 Å². The molecule has 240 valence electrons. The molecule has 7 rings (SSSR count). The molecule has 6 aromatic carbocycles. The van der Waals surface area contributed by atoms with Crippen molar-refractivity contribution in [1.29, 1.82) is 0 Å². The van der Waals surface area contributed by atoms with Gasteiger partial charge in [-0.3, -0.25) is 0 Å². The Kier molecular flexibility index (Phi) is 9.36. The van der Waals surface area contributed by atoms with E-state index in [0.717, 1.165) is 23.0 Å². The first-order valence-corrected chi connectivity index (χ1v) is 19.3. The standard InChI is InChI=1S/C43H40O3P2/c1-5-44-35-25-13-15-27-37(35)47(31-19-9-7-10-20-31)39-29-17-23-33-41(39)46-42-34(43(33,3)4)24-18-30-40(42)48(32-21-11-8-12-22-32)38-28-16-14-26-36(38)45-6-2/h7-30H,5-6H2,1-4H3/t47-,48-/m0/s1. The summed E-state index contributed by atoms with van der Waals surface area (Å²) in [4.78, 5) is 0. The minimum atomic E-state index is -1.01. The topological polar surface area (TPSA) is 27.7 Å². The largest absolute Gasteiger partial charge is 0.493 e. The Morgan fingerprint density at radius 1 is 0.458 bits per heavy atom. The van der Waals surface area contributed by atoms with Gasteiger partial charge in [0.25, 0.3) is 0 Å². The number of hydrogen-bond donors (Lipinski definition) is 0. The normalized spacial score (nSPS) is 14.2. The highest BCUT2D eigenvalue weighted by atomic mass is 31.1. The minimum absolute atomic E-state index is 0.302. The molecule has 0 saturated carbocycles. The van der Waals surface area contributed by atoms with Gasteiger partial charge in [0.2, 0.25) is 0 Å². The Bertz CT molecular complexity index is 1880. The molecule has 1 aliphatic heterocycles. The van der Waals surface area contributed by atoms with Crippen molar-refractivity contribution >= 4 is 47.7 Å². The molecule has 0 radical (unpaired) electrons. The van der Waals surface area contributed by atoms with Crippen LogP contribution in [0.2, 0.25) is 0 Å². The summed E-state index contributed by atoms with van der Waals surface area (Å²) in [5.74, 6) is 3.74. The first-order valence-electron chi connectivity index (χ1n) is 16.6. The maximum absolute atomic E-state index is 7.37. The van der Waals surface area contributed by atoms with Gasteiger partial charge < -0.3 is 14.2 Å². The van der Waals surface area contributed by atoms with E-state index in [9.17, 15) is 0 Å². The van der Waals surface area contributed by atoms with Crippen LogP contribution in [-0.2, 0) is 5.41 Å². The second-order valence-corrected chi connectivity index (χ2v) is 16.5. The quantitative estimate of drug-likeness (QED) is 0.138. The average molecular weight is 667 g/mol. The molecule has 0 bridgehead atoms. The van der Waals surface area contributed by atoms with Crippen molar-refractivity contribution in [3.8, 4) is 23.0 Å². The molecule has 0 aromatic heterocycles. The molecule has 0 unspecified atom stereocenters. The molecule has 0 aliphatic carbocycles. The van der Waals surface area contributed by atoms with Crippen molar-refractivity contribution in [2.24, 2.45) is 0 Å². The summed E-state index contributed by atoms with van der Waals surface area (Å²) in [5, 5.41) is 7.26.